The zero-order chi connectivity index (χ0) is 22.7. The molecule has 3 aliphatic rings. The molecule has 0 unspecified atom stereocenters. The third-order valence-corrected chi connectivity index (χ3v) is 7.66. The normalized spacial score (nSPS) is 24.7. The van der Waals surface area contributed by atoms with Crippen LogP contribution in [0, 0.1) is 0 Å². The zero-order valence-corrected chi connectivity index (χ0v) is 20.1. The molecule has 3 heterocycles. The molecule has 3 aliphatic heterocycles. The van der Waals surface area contributed by atoms with Gasteiger partial charge in [-0.3, -0.25) is 14.6 Å². The van der Waals surface area contributed by atoms with Gasteiger partial charge in [-0.25, -0.2) is 0 Å². The van der Waals surface area contributed by atoms with Crippen molar-refractivity contribution in [3.05, 3.63) is 23.8 Å². The zero-order valence-electron chi connectivity index (χ0n) is 20.1. The summed E-state index contributed by atoms with van der Waals surface area (Å²) in [6.45, 7) is 11.5. The Morgan fingerprint density at radius 2 is 1.78 bits per heavy atom. The number of hydrogen-bond donors (Lipinski definition) is 0. The molecule has 1 amide bonds. The maximum absolute atomic E-state index is 13.2. The summed E-state index contributed by atoms with van der Waals surface area (Å²) < 4.78 is 17.1. The van der Waals surface area contributed by atoms with Gasteiger partial charge in [-0.15, -0.1) is 0 Å². The average molecular weight is 446 g/mol. The van der Waals surface area contributed by atoms with Gasteiger partial charge in [0.25, 0.3) is 5.91 Å². The van der Waals surface area contributed by atoms with E-state index in [1.807, 2.05) is 11.0 Å². The van der Waals surface area contributed by atoms with Gasteiger partial charge in [-0.05, 0) is 51.7 Å². The van der Waals surface area contributed by atoms with Crippen molar-refractivity contribution in [1.29, 1.82) is 0 Å². The Morgan fingerprint density at radius 3 is 2.41 bits per heavy atom. The minimum Gasteiger partial charge on any atom is -0.497 e. The number of piperidine rings is 1. The number of likely N-dealkylation sites (tertiary alicyclic amines) is 1. The molecule has 0 aromatic heterocycles. The van der Waals surface area contributed by atoms with E-state index in [0.717, 1.165) is 71.6 Å². The average Bonchev–Trinajstić information content (AvgIpc) is 2.83. The number of rotatable bonds is 5. The molecule has 1 aromatic rings. The van der Waals surface area contributed by atoms with Crippen molar-refractivity contribution in [1.82, 2.24) is 14.7 Å². The Labute approximate surface area is 192 Å². The molecule has 3 saturated heterocycles. The van der Waals surface area contributed by atoms with E-state index >= 15 is 0 Å². The van der Waals surface area contributed by atoms with Gasteiger partial charge in [-0.2, -0.15) is 0 Å². The van der Waals surface area contributed by atoms with Crippen LogP contribution in [0.15, 0.2) is 18.2 Å². The molecule has 4 rings (SSSR count). The molecule has 1 aromatic carbocycles. The van der Waals surface area contributed by atoms with Gasteiger partial charge in [0.1, 0.15) is 11.5 Å². The van der Waals surface area contributed by atoms with Crippen molar-refractivity contribution in [2.75, 3.05) is 60.1 Å². The summed E-state index contributed by atoms with van der Waals surface area (Å²) in [5, 5.41) is 0. The minimum atomic E-state index is -0.0845. The van der Waals surface area contributed by atoms with Gasteiger partial charge in [-0.1, -0.05) is 0 Å². The van der Waals surface area contributed by atoms with Crippen LogP contribution in [0.1, 0.15) is 49.9 Å². The highest BCUT2D eigenvalue weighted by atomic mass is 16.5. The smallest absolute Gasteiger partial charge is 0.257 e. The fourth-order valence-corrected chi connectivity index (χ4v) is 5.54. The Morgan fingerprint density at radius 1 is 1.06 bits per heavy atom. The lowest BCUT2D eigenvalue weighted by Crippen LogP contribution is -2.58. The molecule has 7 nitrogen and oxygen atoms in total. The number of carbonyl (C=O) groups excluding carboxylic acids is 1. The SMILES string of the molecule is COc1ccc(C(=O)N2CCC3(CC2)C[C@H](N2CCN(C(C)C)CC2)CCO3)c(OC)c1. The van der Waals surface area contributed by atoms with Crippen molar-refractivity contribution >= 4 is 5.91 Å². The van der Waals surface area contributed by atoms with Crippen LogP contribution >= 0.6 is 0 Å². The van der Waals surface area contributed by atoms with E-state index in [0.29, 0.717) is 29.1 Å². The molecule has 1 spiro atoms. The maximum Gasteiger partial charge on any atom is 0.257 e. The molecule has 0 N–H and O–H groups in total. The first-order chi connectivity index (χ1) is 15.4. The number of ether oxygens (including phenoxy) is 3. The first-order valence-corrected chi connectivity index (χ1v) is 12.1. The largest absolute Gasteiger partial charge is 0.497 e. The number of amides is 1. The van der Waals surface area contributed by atoms with Gasteiger partial charge in [0.15, 0.2) is 0 Å². The highest BCUT2D eigenvalue weighted by molar-refractivity contribution is 5.97. The lowest BCUT2D eigenvalue weighted by Gasteiger charge is -2.50. The predicted octanol–water partition coefficient (Wildman–Crippen LogP) is 2.88. The molecule has 0 bridgehead atoms. The van der Waals surface area contributed by atoms with Crippen LogP contribution in [0.3, 0.4) is 0 Å². The Kier molecular flexibility index (Phi) is 7.27. The van der Waals surface area contributed by atoms with E-state index in [-0.39, 0.29) is 11.5 Å². The summed E-state index contributed by atoms with van der Waals surface area (Å²) in [7, 11) is 3.20. The fourth-order valence-electron chi connectivity index (χ4n) is 5.54. The van der Waals surface area contributed by atoms with Crippen molar-refractivity contribution in [2.24, 2.45) is 0 Å². The maximum atomic E-state index is 13.2. The quantitative estimate of drug-likeness (QED) is 0.695. The van der Waals surface area contributed by atoms with Crippen molar-refractivity contribution < 1.29 is 19.0 Å². The lowest BCUT2D eigenvalue weighted by molar-refractivity contribution is -0.132. The van der Waals surface area contributed by atoms with Crippen LogP contribution < -0.4 is 9.47 Å². The predicted molar refractivity (Wildman–Crippen MR) is 125 cm³/mol. The third-order valence-electron chi connectivity index (χ3n) is 7.66. The van der Waals surface area contributed by atoms with E-state index in [1.54, 1.807) is 26.4 Å². The van der Waals surface area contributed by atoms with Crippen molar-refractivity contribution in [2.45, 2.75) is 57.2 Å². The second-order valence-corrected chi connectivity index (χ2v) is 9.70. The molecule has 32 heavy (non-hydrogen) atoms. The first-order valence-electron chi connectivity index (χ1n) is 12.1. The van der Waals surface area contributed by atoms with Crippen LogP contribution in [0.4, 0.5) is 0 Å². The Bertz CT molecular complexity index is 783. The van der Waals surface area contributed by atoms with Crippen LogP contribution in [0.2, 0.25) is 0 Å². The molecule has 1 atom stereocenters. The van der Waals surface area contributed by atoms with Crippen LogP contribution in [0.25, 0.3) is 0 Å². The molecular formula is C25H39N3O4. The molecule has 3 fully saturated rings. The summed E-state index contributed by atoms with van der Waals surface area (Å²) in [5.74, 6) is 1.27. The second kappa shape index (κ2) is 9.98. The molecular weight excluding hydrogens is 406 g/mol. The van der Waals surface area contributed by atoms with Crippen LogP contribution in [-0.2, 0) is 4.74 Å². The Hall–Kier alpha value is -1.83. The fraction of sp³-hybridized carbons (Fsp3) is 0.720. The minimum absolute atomic E-state index is 0.0246. The highest BCUT2D eigenvalue weighted by Gasteiger charge is 2.43. The van der Waals surface area contributed by atoms with E-state index in [9.17, 15) is 4.79 Å². The van der Waals surface area contributed by atoms with Gasteiger partial charge >= 0.3 is 0 Å². The number of piperazine rings is 1. The van der Waals surface area contributed by atoms with Gasteiger partial charge in [0.2, 0.25) is 0 Å². The molecule has 0 aliphatic carbocycles. The van der Waals surface area contributed by atoms with Gasteiger partial charge < -0.3 is 19.1 Å². The summed E-state index contributed by atoms with van der Waals surface area (Å²) in [6, 6.07) is 6.61. The number of nitrogens with zero attached hydrogens (tertiary/aromatic N) is 3. The topological polar surface area (TPSA) is 54.5 Å². The van der Waals surface area contributed by atoms with Crippen LogP contribution in [0.5, 0.6) is 11.5 Å². The van der Waals surface area contributed by atoms with E-state index in [2.05, 4.69) is 23.6 Å². The second-order valence-electron chi connectivity index (χ2n) is 9.70. The molecule has 0 radical (unpaired) electrons. The standard InChI is InChI=1S/C25H39N3O4/c1-19(2)26-12-14-27(15-13-26)20-7-16-32-25(18-20)8-10-28(11-9-25)24(29)22-6-5-21(30-3)17-23(22)31-4/h5-6,17,19-20H,7-16,18H2,1-4H3/t20-/m1/s1. The van der Waals surface area contributed by atoms with E-state index in [1.165, 1.54) is 0 Å². The first kappa shape index (κ1) is 23.3. The summed E-state index contributed by atoms with van der Waals surface area (Å²) >= 11 is 0. The number of methoxy groups -OCH3 is 2. The van der Waals surface area contributed by atoms with Crippen molar-refractivity contribution in [3.8, 4) is 11.5 Å². The number of benzene rings is 1. The molecule has 178 valence electrons. The summed E-state index contributed by atoms with van der Waals surface area (Å²) in [5.41, 5.74) is 0.508. The number of carbonyl (C=O) groups is 1. The van der Waals surface area contributed by atoms with E-state index in [4.69, 9.17) is 14.2 Å². The molecule has 7 heteroatoms. The molecule has 0 saturated carbocycles. The van der Waals surface area contributed by atoms with Crippen molar-refractivity contribution in [3.63, 3.8) is 0 Å². The number of hydrogen-bond acceptors (Lipinski definition) is 6. The third kappa shape index (κ3) is 4.90. The summed E-state index contributed by atoms with van der Waals surface area (Å²) in [4.78, 5) is 20.4. The Balaban J connectivity index is 1.35. The van der Waals surface area contributed by atoms with Gasteiger partial charge in [0.05, 0.1) is 25.4 Å². The van der Waals surface area contributed by atoms with E-state index < -0.39 is 0 Å². The van der Waals surface area contributed by atoms with Gasteiger partial charge in [0, 0.05) is 64.0 Å². The van der Waals surface area contributed by atoms with Crippen LogP contribution in [-0.4, -0.2) is 98.4 Å². The summed E-state index contributed by atoms with van der Waals surface area (Å²) in [6.07, 6.45) is 4.01. The monoisotopic (exact) mass is 445 g/mol. The lowest BCUT2D eigenvalue weighted by atomic mass is 9.81. The highest BCUT2D eigenvalue weighted by Crippen LogP contribution is 2.38.